The molecule has 2 N–H and O–H groups in total. The lowest BCUT2D eigenvalue weighted by atomic mass is 10.1. The van der Waals surface area contributed by atoms with Crippen molar-refractivity contribution in [3.8, 4) is 5.69 Å². The number of carboxylic acids is 1. The lowest BCUT2D eigenvalue weighted by Crippen LogP contribution is -2.34. The van der Waals surface area contributed by atoms with Gasteiger partial charge in [-0.15, -0.1) is 11.3 Å². The molecule has 0 unspecified atom stereocenters. The molecule has 0 saturated carbocycles. The normalized spacial score (nSPS) is 11.5. The Morgan fingerprint density at radius 2 is 1.94 bits per heavy atom. The number of nitrogens with one attached hydrogen (secondary N) is 1. The Morgan fingerprint density at radius 1 is 1.15 bits per heavy atom. The molecule has 3 aromatic heterocycles. The summed E-state index contributed by atoms with van der Waals surface area (Å²) < 4.78 is 16.7. The summed E-state index contributed by atoms with van der Waals surface area (Å²) in [6.45, 7) is 1.65. The second-order valence-corrected chi connectivity index (χ2v) is 8.79. The molecule has 10 heteroatoms. The quantitative estimate of drug-likeness (QED) is 0.392. The Labute approximate surface area is 193 Å². The maximum Gasteiger partial charge on any atom is 0.354 e. The van der Waals surface area contributed by atoms with Crippen LogP contribution < -0.4 is 11.2 Å². The van der Waals surface area contributed by atoms with Crippen molar-refractivity contribution < 1.29 is 14.3 Å². The molecule has 0 fully saturated rings. The molecule has 0 amide bonds. The molecule has 0 atom stereocenters. The van der Waals surface area contributed by atoms with Crippen LogP contribution in [0.4, 0.5) is 4.39 Å². The largest absolute Gasteiger partial charge is 0.477 e. The Kier molecular flexibility index (Phi) is 4.95. The second-order valence-electron chi connectivity index (χ2n) is 7.61. The number of aromatic nitrogens is 3. The van der Waals surface area contributed by atoms with Crippen LogP contribution in [0.1, 0.15) is 21.6 Å². The van der Waals surface area contributed by atoms with Crippen molar-refractivity contribution in [1.82, 2.24) is 14.1 Å². The van der Waals surface area contributed by atoms with Gasteiger partial charge in [-0.3, -0.25) is 4.79 Å². The van der Waals surface area contributed by atoms with E-state index in [1.807, 2.05) is 6.92 Å². The Hall–Kier alpha value is -3.69. The van der Waals surface area contributed by atoms with Crippen LogP contribution in [0.5, 0.6) is 0 Å². The minimum atomic E-state index is -1.36. The standard InChI is InChI=1S/C23H15ClFN3O4S/c1-11-2-5-18-14(6-11)19(28-21(29)15-9-33-10-17(15)26-23(28)32)20(22(30)31)27(18)8-12-7-13(24)3-4-16(12)25/h2-7,9-10H,8H2,1H3,(H,26,32)(H,30,31). The second kappa shape index (κ2) is 7.72. The van der Waals surface area contributed by atoms with E-state index in [0.717, 1.165) is 10.1 Å². The number of H-pyrrole nitrogens is 1. The zero-order chi connectivity index (χ0) is 23.4. The van der Waals surface area contributed by atoms with Gasteiger partial charge < -0.3 is 14.7 Å². The highest BCUT2D eigenvalue weighted by Gasteiger charge is 2.27. The number of benzene rings is 2. The van der Waals surface area contributed by atoms with Gasteiger partial charge in [0.25, 0.3) is 5.56 Å². The number of carboxylic acid groups (broad SMARTS) is 1. The highest BCUT2D eigenvalue weighted by atomic mass is 35.5. The molecule has 0 aliphatic heterocycles. The van der Waals surface area contributed by atoms with E-state index in [9.17, 15) is 23.9 Å². The molecule has 33 heavy (non-hydrogen) atoms. The number of carbonyl (C=O) groups is 1. The number of halogens is 2. The molecule has 5 aromatic rings. The topological polar surface area (TPSA) is 97.1 Å². The lowest BCUT2D eigenvalue weighted by Gasteiger charge is -2.11. The van der Waals surface area contributed by atoms with Crippen LogP contribution in [0.2, 0.25) is 5.02 Å². The van der Waals surface area contributed by atoms with Crippen LogP contribution in [0.15, 0.2) is 56.7 Å². The number of aromatic carboxylic acids is 1. The molecule has 5 rings (SSSR count). The molecule has 3 heterocycles. The summed E-state index contributed by atoms with van der Waals surface area (Å²) in [5.74, 6) is -1.92. The summed E-state index contributed by atoms with van der Waals surface area (Å²) >= 11 is 7.28. The van der Waals surface area contributed by atoms with E-state index in [1.54, 1.807) is 29.0 Å². The molecule has 0 aliphatic rings. The first-order valence-corrected chi connectivity index (χ1v) is 11.1. The van der Waals surface area contributed by atoms with Gasteiger partial charge in [-0.2, -0.15) is 0 Å². The average molecular weight is 484 g/mol. The third-order valence-electron chi connectivity index (χ3n) is 5.49. The SMILES string of the molecule is Cc1ccc2c(c1)c(-n1c(=O)[nH]c3cscc3c1=O)c(C(=O)O)n2Cc1cc(Cl)ccc1F. The molecular formula is C23H15ClFN3O4S. The van der Waals surface area contributed by atoms with Crippen molar-refractivity contribution in [2.45, 2.75) is 13.5 Å². The van der Waals surface area contributed by atoms with E-state index >= 15 is 0 Å². The van der Waals surface area contributed by atoms with Crippen molar-refractivity contribution in [2.24, 2.45) is 0 Å². The molecule has 0 spiro atoms. The van der Waals surface area contributed by atoms with Crippen molar-refractivity contribution >= 4 is 50.7 Å². The smallest absolute Gasteiger partial charge is 0.354 e. The minimum Gasteiger partial charge on any atom is -0.477 e. The van der Waals surface area contributed by atoms with Gasteiger partial charge in [0.15, 0.2) is 5.69 Å². The number of aromatic amines is 1. The Bertz CT molecular complexity index is 1710. The van der Waals surface area contributed by atoms with Gasteiger partial charge in [-0.1, -0.05) is 23.2 Å². The van der Waals surface area contributed by atoms with Gasteiger partial charge in [-0.25, -0.2) is 18.5 Å². The maximum absolute atomic E-state index is 14.5. The number of rotatable bonds is 4. The first-order chi connectivity index (χ1) is 15.8. The zero-order valence-electron chi connectivity index (χ0n) is 17.1. The predicted molar refractivity (Wildman–Crippen MR) is 126 cm³/mol. The van der Waals surface area contributed by atoms with Gasteiger partial charge in [0, 0.05) is 26.7 Å². The van der Waals surface area contributed by atoms with Crippen molar-refractivity contribution in [3.05, 3.63) is 95.7 Å². The van der Waals surface area contributed by atoms with E-state index in [2.05, 4.69) is 4.98 Å². The summed E-state index contributed by atoms with van der Waals surface area (Å²) in [4.78, 5) is 41.3. The van der Waals surface area contributed by atoms with E-state index in [0.29, 0.717) is 21.4 Å². The van der Waals surface area contributed by atoms with Crippen molar-refractivity contribution in [3.63, 3.8) is 0 Å². The molecule has 2 aromatic carbocycles. The molecule has 0 bridgehead atoms. The third-order valence-corrected chi connectivity index (χ3v) is 6.47. The van der Waals surface area contributed by atoms with Crippen LogP contribution in [-0.2, 0) is 6.54 Å². The molecule has 0 aliphatic carbocycles. The van der Waals surface area contributed by atoms with Crippen molar-refractivity contribution in [1.29, 1.82) is 0 Å². The van der Waals surface area contributed by atoms with E-state index in [4.69, 9.17) is 11.6 Å². The van der Waals surface area contributed by atoms with Crippen LogP contribution in [0, 0.1) is 12.7 Å². The first-order valence-electron chi connectivity index (χ1n) is 9.78. The average Bonchev–Trinajstić information content (AvgIpc) is 3.34. The fraction of sp³-hybridized carbons (Fsp3) is 0.0870. The number of hydrogen-bond acceptors (Lipinski definition) is 4. The van der Waals surface area contributed by atoms with Gasteiger partial charge in [0.1, 0.15) is 5.82 Å². The lowest BCUT2D eigenvalue weighted by molar-refractivity contribution is 0.0686. The summed E-state index contributed by atoms with van der Waals surface area (Å²) in [6.07, 6.45) is 0. The monoisotopic (exact) mass is 483 g/mol. The van der Waals surface area contributed by atoms with Crippen LogP contribution in [0.3, 0.4) is 0 Å². The van der Waals surface area contributed by atoms with Gasteiger partial charge in [0.05, 0.1) is 28.7 Å². The van der Waals surface area contributed by atoms with Crippen molar-refractivity contribution in [2.75, 3.05) is 0 Å². The number of aryl methyl sites for hydroxylation is 1. The van der Waals surface area contributed by atoms with E-state index < -0.39 is 23.0 Å². The summed E-state index contributed by atoms with van der Waals surface area (Å²) in [7, 11) is 0. The zero-order valence-corrected chi connectivity index (χ0v) is 18.6. The minimum absolute atomic E-state index is 0.0667. The van der Waals surface area contributed by atoms with Crippen LogP contribution >= 0.6 is 22.9 Å². The molecule has 166 valence electrons. The fourth-order valence-electron chi connectivity index (χ4n) is 4.04. The summed E-state index contributed by atoms with van der Waals surface area (Å²) in [6, 6.07) is 9.18. The van der Waals surface area contributed by atoms with Gasteiger partial charge in [0.2, 0.25) is 0 Å². The molecule has 0 saturated heterocycles. The third kappa shape index (κ3) is 3.37. The number of thiophene rings is 1. The molecule has 0 radical (unpaired) electrons. The maximum atomic E-state index is 14.5. The van der Waals surface area contributed by atoms with Crippen LogP contribution in [0.25, 0.3) is 27.5 Å². The molecular weight excluding hydrogens is 469 g/mol. The number of hydrogen-bond donors (Lipinski definition) is 2. The number of nitrogens with zero attached hydrogens (tertiary/aromatic N) is 2. The summed E-state index contributed by atoms with van der Waals surface area (Å²) in [5.41, 5.74) is 0.0135. The highest BCUT2D eigenvalue weighted by molar-refractivity contribution is 7.09. The van der Waals surface area contributed by atoms with Gasteiger partial charge in [-0.05, 0) is 37.3 Å². The summed E-state index contributed by atoms with van der Waals surface area (Å²) in [5, 5.41) is 14.3. The van der Waals surface area contributed by atoms with E-state index in [1.165, 1.54) is 34.1 Å². The highest BCUT2D eigenvalue weighted by Crippen LogP contribution is 2.31. The fourth-order valence-corrected chi connectivity index (χ4v) is 4.99. The first kappa shape index (κ1) is 21.2. The van der Waals surface area contributed by atoms with Crippen LogP contribution in [-0.4, -0.2) is 25.2 Å². The van der Waals surface area contributed by atoms with E-state index in [-0.39, 0.29) is 28.9 Å². The predicted octanol–water partition coefficient (Wildman–Crippen LogP) is 4.54. The van der Waals surface area contributed by atoms with Gasteiger partial charge >= 0.3 is 11.7 Å². The number of fused-ring (bicyclic) bond motifs is 2. The Morgan fingerprint density at radius 3 is 2.70 bits per heavy atom. The Balaban J connectivity index is 1.91. The molecule has 7 nitrogen and oxygen atoms in total.